The van der Waals surface area contributed by atoms with Crippen molar-refractivity contribution in [2.24, 2.45) is 0 Å². The Hall–Kier alpha value is -3.18. The van der Waals surface area contributed by atoms with Gasteiger partial charge < -0.3 is 9.80 Å². The number of nitrogens with zero attached hydrogens (tertiary/aromatic N) is 8. The predicted molar refractivity (Wildman–Crippen MR) is 135 cm³/mol. The average Bonchev–Trinajstić information content (AvgIpc) is 2.83. The second-order valence-electron chi connectivity index (χ2n) is 9.32. The molecule has 0 aromatic carbocycles. The van der Waals surface area contributed by atoms with E-state index in [0.717, 1.165) is 41.4 Å². The van der Waals surface area contributed by atoms with E-state index in [1.165, 1.54) is 6.26 Å². The van der Waals surface area contributed by atoms with E-state index in [-0.39, 0.29) is 12.1 Å². The largest absolute Gasteiger partial charge is 0.354 e. The van der Waals surface area contributed by atoms with E-state index in [1.54, 1.807) is 22.8 Å². The van der Waals surface area contributed by atoms with Gasteiger partial charge in [0, 0.05) is 62.8 Å². The molecule has 5 rings (SSSR count). The van der Waals surface area contributed by atoms with E-state index in [4.69, 9.17) is 9.97 Å². The number of aromatic nitrogens is 5. The van der Waals surface area contributed by atoms with Crippen LogP contribution >= 0.6 is 0 Å². The molecule has 0 saturated carbocycles. The number of aryl methyl sites for hydroxylation is 1. The van der Waals surface area contributed by atoms with E-state index in [9.17, 15) is 8.42 Å². The van der Waals surface area contributed by atoms with Crippen LogP contribution in [-0.4, -0.2) is 76.1 Å². The van der Waals surface area contributed by atoms with Crippen molar-refractivity contribution in [3.63, 3.8) is 0 Å². The van der Waals surface area contributed by atoms with E-state index in [0.29, 0.717) is 31.3 Å². The Morgan fingerprint density at radius 1 is 0.943 bits per heavy atom. The molecule has 2 atom stereocenters. The molecule has 0 radical (unpaired) electrons. The van der Waals surface area contributed by atoms with Crippen molar-refractivity contribution < 1.29 is 8.42 Å². The normalized spacial score (nSPS) is 21.1. The van der Waals surface area contributed by atoms with Gasteiger partial charge in [0.1, 0.15) is 11.6 Å². The number of piperazine rings is 1. The molecular formula is C24H30N8O2S. The monoisotopic (exact) mass is 494 g/mol. The van der Waals surface area contributed by atoms with Crippen LogP contribution in [0.2, 0.25) is 0 Å². The van der Waals surface area contributed by atoms with Crippen molar-refractivity contribution in [2.45, 2.75) is 39.3 Å². The van der Waals surface area contributed by atoms with Crippen LogP contribution in [0.3, 0.4) is 0 Å². The zero-order valence-electron chi connectivity index (χ0n) is 20.5. The van der Waals surface area contributed by atoms with Crippen LogP contribution in [-0.2, 0) is 16.4 Å². The molecule has 11 heteroatoms. The van der Waals surface area contributed by atoms with Crippen LogP contribution < -0.4 is 9.80 Å². The lowest BCUT2D eigenvalue weighted by molar-refractivity contribution is 0.308. The molecule has 1 fully saturated rings. The van der Waals surface area contributed by atoms with Gasteiger partial charge >= 0.3 is 0 Å². The first kappa shape index (κ1) is 23.6. The zero-order chi connectivity index (χ0) is 24.7. The molecule has 35 heavy (non-hydrogen) atoms. The number of hydrogen-bond donors (Lipinski definition) is 0. The van der Waals surface area contributed by atoms with Gasteiger partial charge in [-0.2, -0.15) is 4.31 Å². The van der Waals surface area contributed by atoms with Crippen molar-refractivity contribution in [2.75, 3.05) is 42.2 Å². The van der Waals surface area contributed by atoms with Crippen molar-refractivity contribution >= 4 is 21.7 Å². The number of sulfonamides is 1. The molecule has 184 valence electrons. The summed E-state index contributed by atoms with van der Waals surface area (Å²) in [5, 5.41) is 0. The summed E-state index contributed by atoms with van der Waals surface area (Å²) in [6.07, 6.45) is 7.32. The summed E-state index contributed by atoms with van der Waals surface area (Å²) in [7, 11) is -3.21. The maximum atomic E-state index is 12.1. The van der Waals surface area contributed by atoms with Gasteiger partial charge in [-0.15, -0.1) is 0 Å². The number of anilines is 2. The van der Waals surface area contributed by atoms with Crippen LogP contribution in [0.5, 0.6) is 0 Å². The predicted octanol–water partition coefficient (Wildman–Crippen LogP) is 2.23. The van der Waals surface area contributed by atoms with Gasteiger partial charge in [0.15, 0.2) is 11.6 Å². The topological polar surface area (TPSA) is 108 Å². The smallest absolute Gasteiger partial charge is 0.211 e. The minimum atomic E-state index is -3.21. The number of fused-ring (bicyclic) bond motifs is 1. The van der Waals surface area contributed by atoms with Gasteiger partial charge in [0.25, 0.3) is 0 Å². The highest BCUT2D eigenvalue weighted by atomic mass is 32.2. The van der Waals surface area contributed by atoms with Crippen molar-refractivity contribution in [1.82, 2.24) is 29.2 Å². The van der Waals surface area contributed by atoms with Gasteiger partial charge in [-0.05, 0) is 44.5 Å². The lowest BCUT2D eigenvalue weighted by Crippen LogP contribution is -2.54. The molecule has 2 unspecified atom stereocenters. The Bertz CT molecular complexity index is 1330. The third-order valence-electron chi connectivity index (χ3n) is 6.73. The first-order valence-electron chi connectivity index (χ1n) is 11.8. The van der Waals surface area contributed by atoms with Crippen LogP contribution in [0.25, 0.3) is 11.6 Å². The zero-order valence-corrected chi connectivity index (χ0v) is 21.3. The molecule has 0 bridgehead atoms. The third kappa shape index (κ3) is 4.70. The van der Waals surface area contributed by atoms with Gasteiger partial charge in [-0.1, -0.05) is 0 Å². The molecule has 3 aromatic rings. The minimum absolute atomic E-state index is 0.0626. The Kier molecular flexibility index (Phi) is 6.14. The molecule has 10 nitrogen and oxygen atoms in total. The molecule has 1 saturated heterocycles. The Balaban J connectivity index is 1.39. The summed E-state index contributed by atoms with van der Waals surface area (Å²) in [5.41, 5.74) is 3.22. The molecule has 0 spiro atoms. The summed E-state index contributed by atoms with van der Waals surface area (Å²) >= 11 is 0. The van der Waals surface area contributed by atoms with Crippen molar-refractivity contribution in [1.29, 1.82) is 0 Å². The maximum absolute atomic E-state index is 12.1. The average molecular weight is 495 g/mol. The molecular weight excluding hydrogens is 464 g/mol. The minimum Gasteiger partial charge on any atom is -0.354 e. The SMILES string of the molecule is Cc1cc(N2CCN(S(C)(=O)=O)C(C)C2)nc(N2CCc3nc(-c4ncccn4)ncc3C2C)c1. The molecule has 0 amide bonds. The maximum Gasteiger partial charge on any atom is 0.211 e. The fraction of sp³-hybridized carbons (Fsp3) is 0.458. The van der Waals surface area contributed by atoms with Crippen molar-refractivity contribution in [3.05, 3.63) is 53.6 Å². The molecule has 2 aliphatic rings. The summed E-state index contributed by atoms with van der Waals surface area (Å²) in [5.74, 6) is 2.86. The first-order chi connectivity index (χ1) is 16.7. The van der Waals surface area contributed by atoms with E-state index < -0.39 is 10.0 Å². The van der Waals surface area contributed by atoms with Crippen LogP contribution in [0.4, 0.5) is 11.6 Å². The summed E-state index contributed by atoms with van der Waals surface area (Å²) in [4.78, 5) is 27.3. The quantitative estimate of drug-likeness (QED) is 0.539. The number of rotatable bonds is 4. The first-order valence-corrected chi connectivity index (χ1v) is 13.7. The fourth-order valence-corrected chi connectivity index (χ4v) is 6.11. The number of pyridine rings is 1. The fourth-order valence-electron chi connectivity index (χ4n) is 4.98. The van der Waals surface area contributed by atoms with Gasteiger partial charge in [-0.25, -0.2) is 33.3 Å². The highest BCUT2D eigenvalue weighted by Gasteiger charge is 2.32. The third-order valence-corrected chi connectivity index (χ3v) is 8.12. The molecule has 2 aliphatic heterocycles. The highest BCUT2D eigenvalue weighted by molar-refractivity contribution is 7.88. The number of hydrogen-bond acceptors (Lipinski definition) is 9. The Morgan fingerprint density at radius 2 is 1.69 bits per heavy atom. The summed E-state index contributed by atoms with van der Waals surface area (Å²) < 4.78 is 25.7. The standard InChI is InChI=1S/C24H30N8O2S/c1-16-12-21(30-10-11-32(17(2)15-30)35(4,33)34)29-22(13-16)31-9-6-20-19(18(31)3)14-27-24(28-20)23-25-7-5-8-26-23/h5,7-8,12-14,17-18H,6,9-11,15H2,1-4H3. The second-order valence-corrected chi connectivity index (χ2v) is 11.3. The molecule has 3 aromatic heterocycles. The lowest BCUT2D eigenvalue weighted by atomic mass is 9.99. The van der Waals surface area contributed by atoms with Gasteiger partial charge in [-0.3, -0.25) is 0 Å². The van der Waals surface area contributed by atoms with Crippen LogP contribution in [0.15, 0.2) is 36.8 Å². The Labute approximate surface area is 206 Å². The van der Waals surface area contributed by atoms with Crippen molar-refractivity contribution in [3.8, 4) is 11.6 Å². The van der Waals surface area contributed by atoms with Crippen LogP contribution in [0.1, 0.15) is 36.7 Å². The van der Waals surface area contributed by atoms with Crippen LogP contribution in [0, 0.1) is 6.92 Å². The molecule has 5 heterocycles. The van der Waals surface area contributed by atoms with Gasteiger partial charge in [0.05, 0.1) is 18.0 Å². The summed E-state index contributed by atoms with van der Waals surface area (Å²) in [6.45, 7) is 8.64. The second kappa shape index (κ2) is 9.12. The van der Waals surface area contributed by atoms with Gasteiger partial charge in [0.2, 0.25) is 10.0 Å². The highest BCUT2D eigenvalue weighted by Crippen LogP contribution is 2.34. The molecule has 0 aliphatic carbocycles. The Morgan fingerprint density at radius 3 is 2.40 bits per heavy atom. The van der Waals surface area contributed by atoms with E-state index in [2.05, 4.69) is 50.7 Å². The summed E-state index contributed by atoms with van der Waals surface area (Å²) in [6, 6.07) is 5.91. The van der Waals surface area contributed by atoms with E-state index >= 15 is 0 Å². The van der Waals surface area contributed by atoms with E-state index in [1.807, 2.05) is 13.1 Å². The lowest BCUT2D eigenvalue weighted by Gasteiger charge is -2.40. The molecule has 0 N–H and O–H groups in total.